The average Bonchev–Trinajstić information content (AvgIpc) is 3.93. The normalized spacial score (nSPS) is 15.4. The Morgan fingerprint density at radius 2 is 1.09 bits per heavy atom. The Hall–Kier alpha value is -5.44. The number of nitrogens with zero attached hydrogens (tertiary/aromatic N) is 9. The molecule has 0 unspecified atom stereocenters. The largest absolute Gasteiger partial charge is 0.336 e. The van der Waals surface area contributed by atoms with Crippen LogP contribution in [0.2, 0.25) is 15.1 Å². The molecule has 2 amide bonds. The molecule has 0 atom stereocenters. The van der Waals surface area contributed by atoms with Gasteiger partial charge in [0, 0.05) is 92.5 Å². The van der Waals surface area contributed by atoms with E-state index >= 15 is 0 Å². The van der Waals surface area contributed by atoms with Crippen molar-refractivity contribution >= 4 is 137 Å². The Kier molecular flexibility index (Phi) is 12.9. The van der Waals surface area contributed by atoms with E-state index in [1.54, 1.807) is 88.9 Å². The lowest BCUT2D eigenvalue weighted by Gasteiger charge is -2.33. The van der Waals surface area contributed by atoms with Gasteiger partial charge in [0.25, 0.3) is 20.0 Å². The summed E-state index contributed by atoms with van der Waals surface area (Å²) in [6.45, 7) is 1.35. The zero-order valence-corrected chi connectivity index (χ0v) is 39.8. The molecule has 4 aromatic heterocycles. The molecule has 15 nitrogen and oxygen atoms in total. The summed E-state index contributed by atoms with van der Waals surface area (Å²) < 4.78 is 57.1. The molecule has 6 heterocycles. The average molecular weight is 1020 g/mol. The van der Waals surface area contributed by atoms with Gasteiger partial charge < -0.3 is 9.80 Å². The first-order valence-corrected chi connectivity index (χ1v) is 25.7. The molecule has 22 heteroatoms. The number of pyridine rings is 2. The van der Waals surface area contributed by atoms with E-state index in [0.29, 0.717) is 45.9 Å². The lowest BCUT2D eigenvalue weighted by atomic mass is 10.1. The highest BCUT2D eigenvalue weighted by molar-refractivity contribution is 7.91. The van der Waals surface area contributed by atoms with Gasteiger partial charge in [-0.3, -0.25) is 19.6 Å². The molecule has 0 spiro atoms. The van der Waals surface area contributed by atoms with Crippen LogP contribution in [0.25, 0.3) is 52.4 Å². The van der Waals surface area contributed by atoms with Crippen molar-refractivity contribution in [2.24, 2.45) is 5.11 Å². The van der Waals surface area contributed by atoms with E-state index in [-0.39, 0.29) is 53.0 Å². The fraction of sp³-hybridized carbons (Fsp3) is 0.182. The Morgan fingerprint density at radius 3 is 1.59 bits per heavy atom. The molecule has 2 fully saturated rings. The predicted octanol–water partition coefficient (Wildman–Crippen LogP) is 9.87. The van der Waals surface area contributed by atoms with Crippen LogP contribution in [0.4, 0.5) is 5.69 Å². The second-order valence-electron chi connectivity index (χ2n) is 15.3. The highest BCUT2D eigenvalue weighted by atomic mass is 35.5. The van der Waals surface area contributed by atoms with Gasteiger partial charge in [0.15, 0.2) is 0 Å². The second kappa shape index (κ2) is 18.7. The molecule has 0 bridgehead atoms. The molecular formula is C44H34Cl3N9O6S4. The van der Waals surface area contributed by atoms with E-state index in [0.717, 1.165) is 70.3 Å². The number of rotatable bonds is 9. The topological polar surface area (TPSA) is 190 Å². The smallest absolute Gasteiger partial charge is 0.253 e. The van der Waals surface area contributed by atoms with E-state index in [4.69, 9.17) is 40.3 Å². The Morgan fingerprint density at radius 1 is 0.606 bits per heavy atom. The minimum Gasteiger partial charge on any atom is -0.336 e. The maximum absolute atomic E-state index is 13.2. The van der Waals surface area contributed by atoms with Gasteiger partial charge in [-0.2, -0.15) is 8.61 Å². The maximum Gasteiger partial charge on any atom is 0.253 e. The Balaban J connectivity index is 0.000000166. The summed E-state index contributed by atoms with van der Waals surface area (Å²) in [6.07, 6.45) is 3.21. The molecule has 0 saturated carbocycles. The summed E-state index contributed by atoms with van der Waals surface area (Å²) >= 11 is 20.5. The summed E-state index contributed by atoms with van der Waals surface area (Å²) in [5.41, 5.74) is 12.4. The lowest BCUT2D eigenvalue weighted by molar-refractivity contribution is -0.135. The third-order valence-electron chi connectivity index (χ3n) is 11.1. The molecule has 0 radical (unpaired) electrons. The van der Waals surface area contributed by atoms with Crippen LogP contribution in [0, 0.1) is 0 Å². The number of benzene rings is 4. The minimum absolute atomic E-state index is 0.186. The first-order chi connectivity index (χ1) is 31.7. The molecule has 336 valence electrons. The number of aromatic nitrogens is 2. The van der Waals surface area contributed by atoms with E-state index < -0.39 is 20.0 Å². The molecule has 66 heavy (non-hydrogen) atoms. The summed E-state index contributed by atoms with van der Waals surface area (Å²) in [7, 11) is -7.56. The molecule has 0 N–H and O–H groups in total. The molecule has 4 aromatic carbocycles. The van der Waals surface area contributed by atoms with Crippen molar-refractivity contribution in [3.63, 3.8) is 0 Å². The van der Waals surface area contributed by atoms with Gasteiger partial charge in [0.05, 0.1) is 29.1 Å². The van der Waals surface area contributed by atoms with Crippen LogP contribution in [0.15, 0.2) is 123 Å². The Bertz CT molecular complexity index is 3530. The summed E-state index contributed by atoms with van der Waals surface area (Å²) in [4.78, 5) is 40.4. The number of hydrogen-bond acceptors (Lipinski definition) is 11. The molecule has 2 saturated heterocycles. The van der Waals surface area contributed by atoms with Gasteiger partial charge in [-0.25, -0.2) is 16.8 Å². The van der Waals surface area contributed by atoms with Crippen LogP contribution in [0.3, 0.4) is 0 Å². The van der Waals surface area contributed by atoms with E-state index in [2.05, 4.69) is 20.0 Å². The number of thiophene rings is 2. The van der Waals surface area contributed by atoms with Crippen molar-refractivity contribution in [1.29, 1.82) is 0 Å². The number of fused-ring (bicyclic) bond motifs is 4. The summed E-state index contributed by atoms with van der Waals surface area (Å²) in [5, 5.41) is 8.58. The van der Waals surface area contributed by atoms with Crippen molar-refractivity contribution < 1.29 is 26.4 Å². The number of sulfonamides is 2. The molecular weight excluding hydrogens is 985 g/mol. The molecule has 2 aliphatic rings. The summed E-state index contributed by atoms with van der Waals surface area (Å²) in [5.74, 6) is -0.502. The highest BCUT2D eigenvalue weighted by Gasteiger charge is 2.35. The van der Waals surface area contributed by atoms with Crippen LogP contribution >= 0.6 is 57.5 Å². The van der Waals surface area contributed by atoms with Crippen LogP contribution in [0.5, 0.6) is 0 Å². The van der Waals surface area contributed by atoms with E-state index in [9.17, 15) is 26.4 Å². The monoisotopic (exact) mass is 1020 g/mol. The van der Waals surface area contributed by atoms with Crippen molar-refractivity contribution in [3.05, 3.63) is 146 Å². The molecule has 2 aliphatic heterocycles. The lowest BCUT2D eigenvalue weighted by Crippen LogP contribution is -2.51. The van der Waals surface area contributed by atoms with Crippen molar-refractivity contribution in [1.82, 2.24) is 28.4 Å². The van der Waals surface area contributed by atoms with Gasteiger partial charge in [-0.05, 0) is 88.1 Å². The van der Waals surface area contributed by atoms with Gasteiger partial charge in [-0.1, -0.05) is 76.3 Å². The van der Waals surface area contributed by atoms with E-state index in [1.807, 2.05) is 30.3 Å². The standard InChI is InChI=1S/C22H17Cl2N3O3S2.C22H17ClN6O3S2/c23-16-3-2-15-10-22(31-20(15)11-16)32(29,30)27-8-7-26(21(28)13-27)12-14-1-4-17-18(24)5-6-25-19(17)9-14;23-16-3-2-15-10-22(33-20(15)11-16)34(31,32)29-8-7-28(21(30)13-29)12-14-1-4-17-18(26-27-24)5-6-25-19(17)9-14/h1-6,9-11H,7-8,12-13H2;1-6,9-11H,7-8,12-13H2. The number of carbonyl (C=O) groups excluding carboxylic acids is 2. The Labute approximate surface area is 401 Å². The summed E-state index contributed by atoms with van der Waals surface area (Å²) in [6, 6.07) is 28.3. The minimum atomic E-state index is -3.79. The van der Waals surface area contributed by atoms with Crippen LogP contribution in [-0.4, -0.2) is 96.3 Å². The van der Waals surface area contributed by atoms with Gasteiger partial charge in [0.2, 0.25) is 11.8 Å². The molecule has 10 rings (SSSR count). The van der Waals surface area contributed by atoms with Crippen LogP contribution < -0.4 is 0 Å². The number of carbonyl (C=O) groups is 2. The second-order valence-corrected chi connectivity index (χ2v) is 23.1. The van der Waals surface area contributed by atoms with Crippen LogP contribution in [-0.2, 0) is 42.7 Å². The zero-order chi connectivity index (χ0) is 46.3. The first-order valence-electron chi connectivity index (χ1n) is 20.1. The van der Waals surface area contributed by atoms with Gasteiger partial charge in [0.1, 0.15) is 8.42 Å². The van der Waals surface area contributed by atoms with Gasteiger partial charge in [-0.15, -0.1) is 22.7 Å². The quantitative estimate of drug-likeness (QED) is 0.0775. The van der Waals surface area contributed by atoms with E-state index in [1.165, 1.54) is 8.61 Å². The first kappa shape index (κ1) is 45.7. The third-order valence-corrected chi connectivity index (χ3v) is 18.7. The van der Waals surface area contributed by atoms with Crippen molar-refractivity contribution in [2.45, 2.75) is 21.5 Å². The molecule has 8 aromatic rings. The number of piperazine rings is 2. The fourth-order valence-corrected chi connectivity index (χ4v) is 14.3. The van der Waals surface area contributed by atoms with Gasteiger partial charge >= 0.3 is 0 Å². The third kappa shape index (κ3) is 9.41. The highest BCUT2D eigenvalue weighted by Crippen LogP contribution is 2.35. The predicted molar refractivity (Wildman–Crippen MR) is 259 cm³/mol. The molecule has 0 aliphatic carbocycles. The number of halogens is 3. The maximum atomic E-state index is 13.2. The number of azide groups is 1. The number of amides is 2. The SMILES string of the molecule is O=C1CN(S(=O)(=O)c2cc3ccc(Cl)cc3s2)CCN1Cc1ccc2c(Cl)ccnc2c1.[N-]=[N+]=Nc1ccnc2cc(CN3CCN(S(=O)(=O)c4cc5ccc(Cl)cc5s4)CC3=O)ccc12. The van der Waals surface area contributed by atoms with Crippen molar-refractivity contribution in [3.8, 4) is 0 Å². The fourth-order valence-electron chi connectivity index (χ4n) is 7.70. The zero-order valence-electron chi connectivity index (χ0n) is 34.3. The van der Waals surface area contributed by atoms with Crippen molar-refractivity contribution in [2.75, 3.05) is 39.3 Å². The number of hydrogen-bond donors (Lipinski definition) is 0. The van der Waals surface area contributed by atoms with Crippen LogP contribution in [0.1, 0.15) is 11.1 Å².